The van der Waals surface area contributed by atoms with E-state index in [1.165, 1.54) is 18.5 Å². The molecule has 0 aromatic carbocycles. The van der Waals surface area contributed by atoms with E-state index in [1.54, 1.807) is 0 Å². The molecule has 3 rings (SSSR count). The van der Waals surface area contributed by atoms with E-state index in [1.807, 2.05) is 0 Å². The van der Waals surface area contributed by atoms with Crippen LogP contribution in [0.5, 0.6) is 0 Å². The van der Waals surface area contributed by atoms with Gasteiger partial charge in [0.1, 0.15) is 5.60 Å². The zero-order chi connectivity index (χ0) is 15.3. The zero-order valence-corrected chi connectivity index (χ0v) is 15.0. The number of carbonyl (C=O) groups is 1. The minimum Gasteiger partial charge on any atom is -0.459 e. The molecule has 21 heavy (non-hydrogen) atoms. The lowest BCUT2D eigenvalue weighted by Crippen LogP contribution is -2.48. The Morgan fingerprint density at radius 2 is 1.86 bits per heavy atom. The molecule has 1 saturated heterocycles. The molecule has 1 aliphatic heterocycles. The van der Waals surface area contributed by atoms with Crippen LogP contribution >= 0.6 is 0 Å². The van der Waals surface area contributed by atoms with Crippen molar-refractivity contribution >= 4 is 14.0 Å². The van der Waals surface area contributed by atoms with Crippen LogP contribution in [-0.2, 0) is 9.53 Å². The number of ether oxygens (including phenoxy) is 1. The van der Waals surface area contributed by atoms with E-state index in [4.69, 9.17) is 4.74 Å². The molecule has 2 fully saturated rings. The van der Waals surface area contributed by atoms with Crippen LogP contribution in [0.3, 0.4) is 0 Å². The summed E-state index contributed by atoms with van der Waals surface area (Å²) in [5.41, 5.74) is -0.175. The molecule has 2 nitrogen and oxygen atoms in total. The summed E-state index contributed by atoms with van der Waals surface area (Å²) >= 11 is 0. The maximum atomic E-state index is 12.7. The van der Waals surface area contributed by atoms with Gasteiger partial charge in [-0.15, -0.1) is 0 Å². The van der Waals surface area contributed by atoms with E-state index in [2.05, 4.69) is 39.1 Å². The van der Waals surface area contributed by atoms with Gasteiger partial charge in [0.05, 0.1) is 5.92 Å². The highest BCUT2D eigenvalue weighted by Crippen LogP contribution is 2.47. The number of esters is 1. The Kier molecular flexibility index (Phi) is 3.84. The molecule has 2 aliphatic carbocycles. The summed E-state index contributed by atoms with van der Waals surface area (Å²) in [6, 6.07) is 2.60. The van der Waals surface area contributed by atoms with E-state index in [0.717, 1.165) is 19.3 Å². The van der Waals surface area contributed by atoms with E-state index < -0.39 is 8.07 Å². The summed E-state index contributed by atoms with van der Waals surface area (Å²) in [4.78, 5) is 12.7. The number of hydrogen-bond acceptors (Lipinski definition) is 2. The summed E-state index contributed by atoms with van der Waals surface area (Å²) < 4.78 is 6.22. The molecule has 2 bridgehead atoms. The molecule has 0 aromatic rings. The number of fused-ring (bicyclic) bond motifs is 2. The molecule has 0 amide bonds. The fourth-order valence-electron chi connectivity index (χ4n) is 4.47. The standard InChI is InChI=1S/C18H30O2Si/c1-13(2)18(7-9-21(3,4)10-8-18)20-17(19)16-12-14-5-6-15(16)11-14/h5-6,13-16H,7-12H2,1-4H3. The summed E-state index contributed by atoms with van der Waals surface area (Å²) in [6.45, 7) is 9.40. The molecule has 0 N–H and O–H groups in total. The Morgan fingerprint density at radius 1 is 1.19 bits per heavy atom. The van der Waals surface area contributed by atoms with Gasteiger partial charge in [-0.25, -0.2) is 0 Å². The van der Waals surface area contributed by atoms with Gasteiger partial charge in [-0.3, -0.25) is 4.79 Å². The molecule has 0 spiro atoms. The van der Waals surface area contributed by atoms with E-state index in [9.17, 15) is 4.79 Å². The Labute approximate surface area is 130 Å². The van der Waals surface area contributed by atoms with Crippen molar-refractivity contribution < 1.29 is 9.53 Å². The molecule has 3 atom stereocenters. The highest BCUT2D eigenvalue weighted by atomic mass is 28.3. The van der Waals surface area contributed by atoms with Gasteiger partial charge in [-0.1, -0.05) is 51.2 Å². The average Bonchev–Trinajstić information content (AvgIpc) is 3.03. The van der Waals surface area contributed by atoms with Crippen LogP contribution in [0.15, 0.2) is 12.2 Å². The van der Waals surface area contributed by atoms with Gasteiger partial charge in [0.25, 0.3) is 0 Å². The van der Waals surface area contributed by atoms with Crippen molar-refractivity contribution in [3.05, 3.63) is 12.2 Å². The number of hydrogen-bond donors (Lipinski definition) is 0. The maximum Gasteiger partial charge on any atom is 0.310 e. The zero-order valence-electron chi connectivity index (χ0n) is 14.0. The van der Waals surface area contributed by atoms with Crippen LogP contribution in [0.25, 0.3) is 0 Å². The lowest BCUT2D eigenvalue weighted by molar-refractivity contribution is -0.173. The van der Waals surface area contributed by atoms with Gasteiger partial charge >= 0.3 is 5.97 Å². The van der Waals surface area contributed by atoms with Crippen molar-refractivity contribution in [2.24, 2.45) is 23.7 Å². The van der Waals surface area contributed by atoms with Gasteiger partial charge in [0.2, 0.25) is 0 Å². The molecule has 3 unspecified atom stereocenters. The molecule has 3 heteroatoms. The summed E-state index contributed by atoms with van der Waals surface area (Å²) in [6.07, 6.45) is 8.92. The Balaban J connectivity index is 1.68. The van der Waals surface area contributed by atoms with E-state index >= 15 is 0 Å². The van der Waals surface area contributed by atoms with Crippen molar-refractivity contribution in [2.45, 2.75) is 70.3 Å². The average molecular weight is 307 g/mol. The number of carbonyl (C=O) groups excluding carboxylic acids is 1. The highest BCUT2D eigenvalue weighted by molar-refractivity contribution is 6.77. The van der Waals surface area contributed by atoms with Crippen LogP contribution in [-0.4, -0.2) is 19.6 Å². The maximum absolute atomic E-state index is 12.7. The van der Waals surface area contributed by atoms with Gasteiger partial charge < -0.3 is 4.74 Å². The van der Waals surface area contributed by atoms with Gasteiger partial charge in [0, 0.05) is 8.07 Å². The van der Waals surface area contributed by atoms with Crippen molar-refractivity contribution in [1.29, 1.82) is 0 Å². The lowest BCUT2D eigenvalue weighted by Gasteiger charge is -2.45. The lowest BCUT2D eigenvalue weighted by atomic mass is 9.84. The third kappa shape index (κ3) is 2.86. The second-order valence-corrected chi connectivity index (χ2v) is 14.0. The van der Waals surface area contributed by atoms with Gasteiger partial charge in [-0.05, 0) is 43.4 Å². The van der Waals surface area contributed by atoms with Crippen LogP contribution in [0, 0.1) is 23.7 Å². The molecular formula is C18H30O2Si. The predicted molar refractivity (Wildman–Crippen MR) is 88.8 cm³/mol. The number of allylic oxidation sites excluding steroid dienone is 2. The van der Waals surface area contributed by atoms with Crippen molar-refractivity contribution in [3.63, 3.8) is 0 Å². The third-order valence-corrected chi connectivity index (χ3v) is 9.59. The number of rotatable bonds is 3. The fourth-order valence-corrected chi connectivity index (χ4v) is 6.92. The Morgan fingerprint density at radius 3 is 2.33 bits per heavy atom. The predicted octanol–water partition coefficient (Wildman–Crippen LogP) is 4.64. The first kappa shape index (κ1) is 15.3. The summed E-state index contributed by atoms with van der Waals surface area (Å²) in [5.74, 6) is 1.77. The summed E-state index contributed by atoms with van der Waals surface area (Å²) in [5, 5.41) is 0. The first-order chi connectivity index (χ1) is 9.81. The minimum atomic E-state index is -1.02. The minimum absolute atomic E-state index is 0.0990. The molecular weight excluding hydrogens is 276 g/mol. The smallest absolute Gasteiger partial charge is 0.310 e. The van der Waals surface area contributed by atoms with E-state index in [-0.39, 0.29) is 17.5 Å². The molecule has 1 saturated carbocycles. The first-order valence-corrected chi connectivity index (χ1v) is 12.1. The fraction of sp³-hybridized carbons (Fsp3) is 0.833. The van der Waals surface area contributed by atoms with E-state index in [0.29, 0.717) is 17.8 Å². The van der Waals surface area contributed by atoms with Crippen molar-refractivity contribution in [1.82, 2.24) is 0 Å². The molecule has 118 valence electrons. The summed E-state index contributed by atoms with van der Waals surface area (Å²) in [7, 11) is -1.02. The largest absolute Gasteiger partial charge is 0.459 e. The monoisotopic (exact) mass is 306 g/mol. The first-order valence-electron chi connectivity index (χ1n) is 8.72. The van der Waals surface area contributed by atoms with Gasteiger partial charge in [0.15, 0.2) is 0 Å². The molecule has 0 aromatic heterocycles. The molecule has 3 aliphatic rings. The van der Waals surface area contributed by atoms with Crippen molar-refractivity contribution in [3.8, 4) is 0 Å². The topological polar surface area (TPSA) is 26.3 Å². The van der Waals surface area contributed by atoms with Crippen LogP contribution in [0.4, 0.5) is 0 Å². The normalized spacial score (nSPS) is 36.1. The van der Waals surface area contributed by atoms with Gasteiger partial charge in [-0.2, -0.15) is 0 Å². The molecule has 1 heterocycles. The van der Waals surface area contributed by atoms with Crippen LogP contribution in [0.2, 0.25) is 25.2 Å². The third-order valence-electron chi connectivity index (χ3n) is 6.39. The second kappa shape index (κ2) is 5.26. The molecule has 0 radical (unpaired) electrons. The Hall–Kier alpha value is -0.573. The second-order valence-electron chi connectivity index (χ2n) is 8.69. The highest BCUT2D eigenvalue weighted by Gasteiger charge is 2.47. The Bertz CT molecular complexity index is 442. The SMILES string of the molecule is CC(C)C1(OC(=O)C2CC3C=CC2C3)CC[Si](C)(C)CC1. The quantitative estimate of drug-likeness (QED) is 0.431. The van der Waals surface area contributed by atoms with Crippen LogP contribution in [0.1, 0.15) is 39.5 Å². The van der Waals surface area contributed by atoms with Crippen molar-refractivity contribution in [2.75, 3.05) is 0 Å². The van der Waals surface area contributed by atoms with Crippen LogP contribution < -0.4 is 0 Å².